The van der Waals surface area contributed by atoms with E-state index >= 15 is 0 Å². The molecule has 0 radical (unpaired) electrons. The van der Waals surface area contributed by atoms with Gasteiger partial charge in [-0.3, -0.25) is 0 Å². The van der Waals surface area contributed by atoms with Gasteiger partial charge in [0.15, 0.2) is 0 Å². The molecule has 210 valence electrons. The third-order valence-corrected chi connectivity index (χ3v) is 9.45. The lowest BCUT2D eigenvalue weighted by molar-refractivity contribution is 1.47. The van der Waals surface area contributed by atoms with E-state index in [1.807, 2.05) is 0 Å². The Morgan fingerprint density at radius 3 is 1.42 bits per heavy atom. The van der Waals surface area contributed by atoms with Crippen LogP contribution in [-0.2, 0) is 0 Å². The second-order valence-electron chi connectivity index (χ2n) is 12.2. The molecule has 0 aromatic heterocycles. The molecule has 9 aromatic carbocycles. The van der Waals surface area contributed by atoms with E-state index in [0.717, 1.165) is 0 Å². The lowest BCUT2D eigenvalue weighted by Crippen LogP contribution is -1.90. The number of benzene rings is 9. The van der Waals surface area contributed by atoms with E-state index in [9.17, 15) is 0 Å². The molecule has 0 saturated heterocycles. The molecular weight excluding hydrogens is 540 g/mol. The van der Waals surface area contributed by atoms with Crippen molar-refractivity contribution in [3.05, 3.63) is 169 Å². The average molecular weight is 571 g/mol. The maximum atomic E-state index is 2.44. The Labute approximate surface area is 262 Å². The van der Waals surface area contributed by atoms with E-state index in [-0.39, 0.29) is 0 Å². The monoisotopic (exact) mass is 570 g/mol. The van der Waals surface area contributed by atoms with Crippen LogP contribution in [0.4, 0.5) is 0 Å². The van der Waals surface area contributed by atoms with E-state index in [1.165, 1.54) is 92.8 Å². The van der Waals surface area contributed by atoms with Gasteiger partial charge in [-0.25, -0.2) is 0 Å². The molecule has 0 aliphatic rings. The lowest BCUT2D eigenvalue weighted by Gasteiger charge is -2.17. The molecule has 0 aliphatic heterocycles. The van der Waals surface area contributed by atoms with Crippen molar-refractivity contribution in [3.8, 4) is 33.4 Å². The van der Waals surface area contributed by atoms with E-state index in [4.69, 9.17) is 0 Å². The van der Waals surface area contributed by atoms with E-state index < -0.39 is 0 Å². The fraction of sp³-hybridized carbons (Fsp3) is 0.0222. The summed E-state index contributed by atoms with van der Waals surface area (Å²) in [7, 11) is 0. The molecule has 0 fully saturated rings. The van der Waals surface area contributed by atoms with Crippen LogP contribution in [0.1, 0.15) is 5.56 Å². The smallest absolute Gasteiger partial charge is 0.00923 e. The summed E-state index contributed by atoms with van der Waals surface area (Å²) in [6.07, 6.45) is 0. The molecule has 0 aliphatic carbocycles. The summed E-state index contributed by atoms with van der Waals surface area (Å²) < 4.78 is 0. The largest absolute Gasteiger partial charge is 0.0616 e. The number of hydrogen-bond donors (Lipinski definition) is 0. The van der Waals surface area contributed by atoms with Crippen molar-refractivity contribution in [3.63, 3.8) is 0 Å². The molecule has 0 atom stereocenters. The van der Waals surface area contributed by atoms with Crippen LogP contribution in [0.5, 0.6) is 0 Å². The van der Waals surface area contributed by atoms with Crippen molar-refractivity contribution in [1.82, 2.24) is 0 Å². The zero-order chi connectivity index (χ0) is 29.9. The minimum absolute atomic E-state index is 1.24. The Kier molecular flexibility index (Phi) is 5.83. The predicted octanol–water partition coefficient (Wildman–Crippen LogP) is 12.8. The van der Waals surface area contributed by atoms with Gasteiger partial charge in [-0.2, -0.15) is 0 Å². The Balaban J connectivity index is 1.39. The van der Waals surface area contributed by atoms with Crippen molar-refractivity contribution in [2.24, 2.45) is 0 Å². The summed E-state index contributed by atoms with van der Waals surface area (Å²) in [5.74, 6) is 0. The molecular formula is C45H30. The van der Waals surface area contributed by atoms with Crippen LogP contribution in [0.2, 0.25) is 0 Å². The third kappa shape index (κ3) is 4.30. The zero-order valence-corrected chi connectivity index (χ0v) is 25.1. The molecule has 9 aromatic rings. The van der Waals surface area contributed by atoms with Gasteiger partial charge in [0.05, 0.1) is 0 Å². The molecule has 9 rings (SSSR count). The third-order valence-electron chi connectivity index (χ3n) is 9.45. The van der Waals surface area contributed by atoms with Gasteiger partial charge in [-0.1, -0.05) is 139 Å². The topological polar surface area (TPSA) is 0 Å². The van der Waals surface area contributed by atoms with Gasteiger partial charge in [0.1, 0.15) is 0 Å². The molecule has 0 saturated carbocycles. The van der Waals surface area contributed by atoms with Crippen LogP contribution >= 0.6 is 0 Å². The van der Waals surface area contributed by atoms with Gasteiger partial charge in [0.2, 0.25) is 0 Å². The average Bonchev–Trinajstić information content (AvgIpc) is 3.10. The van der Waals surface area contributed by atoms with E-state index in [0.29, 0.717) is 0 Å². The van der Waals surface area contributed by atoms with Crippen molar-refractivity contribution in [2.75, 3.05) is 0 Å². The van der Waals surface area contributed by atoms with Crippen LogP contribution in [0.15, 0.2) is 164 Å². The van der Waals surface area contributed by atoms with Gasteiger partial charge < -0.3 is 0 Å². The molecule has 0 N–H and O–H groups in total. The number of hydrogen-bond acceptors (Lipinski definition) is 0. The Morgan fingerprint density at radius 1 is 0.267 bits per heavy atom. The van der Waals surface area contributed by atoms with Crippen molar-refractivity contribution < 1.29 is 0 Å². The summed E-state index contributed by atoms with van der Waals surface area (Å²) in [4.78, 5) is 0. The predicted molar refractivity (Wildman–Crippen MR) is 195 cm³/mol. The standard InChI is InChI=1S/C45H30/c1-29-9-8-14-32(23-29)35-21-22-40-43(26-35)42(37-20-18-31-11-3-5-13-34(31)25-37)28-44-39-16-7-6-15-38(39)41(27-45(40)44)36-19-17-30-10-2-4-12-33(30)24-36/h2-28H,1H3. The van der Waals surface area contributed by atoms with Gasteiger partial charge in [0.25, 0.3) is 0 Å². The van der Waals surface area contributed by atoms with Gasteiger partial charge >= 0.3 is 0 Å². The first-order valence-electron chi connectivity index (χ1n) is 15.7. The van der Waals surface area contributed by atoms with Gasteiger partial charge in [-0.05, 0) is 124 Å². The molecule has 0 heterocycles. The highest BCUT2D eigenvalue weighted by molar-refractivity contribution is 6.24. The van der Waals surface area contributed by atoms with Crippen LogP contribution in [0.25, 0.3) is 87.2 Å². The fourth-order valence-electron chi connectivity index (χ4n) is 7.20. The zero-order valence-electron chi connectivity index (χ0n) is 25.1. The van der Waals surface area contributed by atoms with E-state index in [1.54, 1.807) is 0 Å². The summed E-state index contributed by atoms with van der Waals surface area (Å²) >= 11 is 0. The number of fused-ring (bicyclic) bond motifs is 7. The maximum Gasteiger partial charge on any atom is -0.00923 e. The summed E-state index contributed by atoms with van der Waals surface area (Å²) in [5.41, 5.74) is 8.78. The van der Waals surface area contributed by atoms with Crippen molar-refractivity contribution >= 4 is 53.9 Å². The van der Waals surface area contributed by atoms with Gasteiger partial charge in [0, 0.05) is 0 Å². The molecule has 0 amide bonds. The Morgan fingerprint density at radius 2 is 0.778 bits per heavy atom. The number of aryl methyl sites for hydroxylation is 1. The molecule has 0 spiro atoms. The van der Waals surface area contributed by atoms with E-state index in [2.05, 4.69) is 171 Å². The summed E-state index contributed by atoms with van der Waals surface area (Å²) in [6, 6.07) is 60.7. The lowest BCUT2D eigenvalue weighted by atomic mass is 9.86. The molecule has 0 nitrogen and oxygen atoms in total. The van der Waals surface area contributed by atoms with Gasteiger partial charge in [-0.15, -0.1) is 0 Å². The first kappa shape index (κ1) is 25.7. The van der Waals surface area contributed by atoms with Crippen LogP contribution < -0.4 is 0 Å². The summed E-state index contributed by atoms with van der Waals surface area (Å²) in [6.45, 7) is 2.16. The molecule has 0 unspecified atom stereocenters. The van der Waals surface area contributed by atoms with Crippen LogP contribution in [-0.4, -0.2) is 0 Å². The SMILES string of the molecule is Cc1cccc(-c2ccc3c(c2)c(-c2ccc4ccccc4c2)cc2c4ccccc4c(-c4ccc5ccccc5c4)cc32)c1. The molecule has 0 bridgehead atoms. The first-order chi connectivity index (χ1) is 22.2. The number of rotatable bonds is 3. The summed E-state index contributed by atoms with van der Waals surface area (Å²) in [5, 5.41) is 12.7. The highest BCUT2D eigenvalue weighted by Crippen LogP contribution is 2.43. The van der Waals surface area contributed by atoms with Crippen LogP contribution in [0, 0.1) is 6.92 Å². The normalized spacial score (nSPS) is 11.7. The maximum absolute atomic E-state index is 2.44. The Bertz CT molecular complexity index is 2600. The quantitative estimate of drug-likeness (QED) is 0.185. The minimum Gasteiger partial charge on any atom is -0.0616 e. The fourth-order valence-corrected chi connectivity index (χ4v) is 7.20. The highest BCUT2D eigenvalue weighted by Gasteiger charge is 2.16. The minimum atomic E-state index is 1.24. The molecule has 0 heteroatoms. The van der Waals surface area contributed by atoms with Crippen LogP contribution in [0.3, 0.4) is 0 Å². The first-order valence-corrected chi connectivity index (χ1v) is 15.7. The van der Waals surface area contributed by atoms with Crippen molar-refractivity contribution in [2.45, 2.75) is 6.92 Å². The Hall–Kier alpha value is -5.72. The highest BCUT2D eigenvalue weighted by atomic mass is 14.2. The molecule has 45 heavy (non-hydrogen) atoms. The van der Waals surface area contributed by atoms with Crippen molar-refractivity contribution in [1.29, 1.82) is 0 Å². The second kappa shape index (κ2) is 10.2. The second-order valence-corrected chi connectivity index (χ2v) is 12.2.